The molecule has 1 aromatic carbocycles. The highest BCUT2D eigenvalue weighted by atomic mass is 16.1. The van der Waals surface area contributed by atoms with E-state index in [4.69, 9.17) is 0 Å². The fourth-order valence-corrected chi connectivity index (χ4v) is 0.922. The van der Waals surface area contributed by atoms with E-state index in [1.54, 1.807) is 12.2 Å². The van der Waals surface area contributed by atoms with Crippen molar-refractivity contribution in [1.82, 2.24) is 0 Å². The average Bonchev–Trinajstić information content (AvgIpc) is 2.14. The van der Waals surface area contributed by atoms with Crippen LogP contribution in [0.3, 0.4) is 0 Å². The van der Waals surface area contributed by atoms with Gasteiger partial charge >= 0.3 is 0 Å². The van der Waals surface area contributed by atoms with E-state index < -0.39 is 0 Å². The lowest BCUT2D eigenvalue weighted by Gasteiger charge is -1.87. The Balaban J connectivity index is 2.55. The quantitative estimate of drug-likeness (QED) is 0.506. The molecule has 66 valence electrons. The summed E-state index contributed by atoms with van der Waals surface area (Å²) in [5.41, 5.74) is 1.13. The molecule has 0 saturated carbocycles. The monoisotopic (exact) mass is 172 g/mol. The first-order chi connectivity index (χ1) is 6.29. The van der Waals surface area contributed by atoms with Gasteiger partial charge in [-0.1, -0.05) is 48.6 Å². The highest BCUT2D eigenvalue weighted by molar-refractivity contribution is 5.87. The van der Waals surface area contributed by atoms with Crippen LogP contribution in [0, 0.1) is 0 Å². The van der Waals surface area contributed by atoms with Crippen molar-refractivity contribution in [2.24, 2.45) is 0 Å². The summed E-state index contributed by atoms with van der Waals surface area (Å²) in [5.74, 6) is 0.0673. The minimum Gasteiger partial charge on any atom is -0.295 e. The Bertz CT molecular complexity index is 320. The summed E-state index contributed by atoms with van der Waals surface area (Å²) in [6.45, 7) is 1.53. The number of rotatable bonds is 3. The molecular formula is C12H12O. The van der Waals surface area contributed by atoms with E-state index in [0.717, 1.165) is 5.56 Å². The fourth-order valence-electron chi connectivity index (χ4n) is 0.922. The lowest BCUT2D eigenvalue weighted by molar-refractivity contribution is -0.112. The third kappa shape index (κ3) is 4.06. The van der Waals surface area contributed by atoms with Crippen LogP contribution in [-0.2, 0) is 4.79 Å². The third-order valence-electron chi connectivity index (χ3n) is 1.53. The maximum absolute atomic E-state index is 10.5. The molecule has 0 aliphatic heterocycles. The number of ketones is 1. The summed E-state index contributed by atoms with van der Waals surface area (Å²) < 4.78 is 0. The molecule has 0 N–H and O–H groups in total. The molecule has 0 heterocycles. The number of hydrogen-bond donors (Lipinski definition) is 0. The average molecular weight is 172 g/mol. The van der Waals surface area contributed by atoms with E-state index in [1.807, 2.05) is 42.5 Å². The molecule has 0 spiro atoms. The maximum Gasteiger partial charge on any atom is 0.152 e. The van der Waals surface area contributed by atoms with Crippen LogP contribution in [0.15, 0.2) is 48.6 Å². The lowest BCUT2D eigenvalue weighted by Crippen LogP contribution is -1.77. The smallest absolute Gasteiger partial charge is 0.152 e. The highest BCUT2D eigenvalue weighted by Crippen LogP contribution is 2.00. The van der Waals surface area contributed by atoms with Crippen LogP contribution in [0.25, 0.3) is 6.08 Å². The topological polar surface area (TPSA) is 17.1 Å². The Morgan fingerprint density at radius 2 is 1.85 bits per heavy atom. The van der Waals surface area contributed by atoms with Crippen LogP contribution in [0.5, 0.6) is 0 Å². The summed E-state index contributed by atoms with van der Waals surface area (Å²) in [7, 11) is 0. The molecule has 0 fully saturated rings. The van der Waals surface area contributed by atoms with Crippen molar-refractivity contribution in [3.8, 4) is 0 Å². The zero-order valence-corrected chi connectivity index (χ0v) is 7.60. The lowest BCUT2D eigenvalue weighted by atomic mass is 10.2. The van der Waals surface area contributed by atoms with Gasteiger partial charge in [-0.05, 0) is 18.6 Å². The molecule has 0 amide bonds. The standard InChI is InChI=1S/C12H12O/c1-11(13)7-5-6-10-12-8-3-2-4-9-12/h2-10H,1H3/b7-5?,10-6+. The molecule has 0 aromatic heterocycles. The number of hydrogen-bond acceptors (Lipinski definition) is 1. The van der Waals surface area contributed by atoms with E-state index in [2.05, 4.69) is 0 Å². The molecule has 0 unspecified atom stereocenters. The van der Waals surface area contributed by atoms with Gasteiger partial charge in [0.05, 0.1) is 0 Å². The summed E-state index contributed by atoms with van der Waals surface area (Å²) in [6, 6.07) is 9.96. The van der Waals surface area contributed by atoms with E-state index in [9.17, 15) is 4.79 Å². The van der Waals surface area contributed by atoms with Crippen LogP contribution in [0.4, 0.5) is 0 Å². The van der Waals surface area contributed by atoms with Gasteiger partial charge in [0.2, 0.25) is 0 Å². The minimum absolute atomic E-state index is 0.0673. The van der Waals surface area contributed by atoms with Crippen molar-refractivity contribution in [2.45, 2.75) is 6.92 Å². The molecule has 0 radical (unpaired) electrons. The van der Waals surface area contributed by atoms with E-state index >= 15 is 0 Å². The van der Waals surface area contributed by atoms with Crippen molar-refractivity contribution in [1.29, 1.82) is 0 Å². The minimum atomic E-state index is 0.0673. The zero-order chi connectivity index (χ0) is 9.52. The molecule has 13 heavy (non-hydrogen) atoms. The zero-order valence-electron chi connectivity index (χ0n) is 7.60. The molecule has 0 aliphatic rings. The van der Waals surface area contributed by atoms with Gasteiger partial charge in [0.15, 0.2) is 5.78 Å². The molecule has 1 heteroatoms. The summed E-state index contributed by atoms with van der Waals surface area (Å²) in [6.07, 6.45) is 7.10. The van der Waals surface area contributed by atoms with Gasteiger partial charge in [0, 0.05) is 0 Å². The molecular weight excluding hydrogens is 160 g/mol. The molecule has 1 rings (SSSR count). The third-order valence-corrected chi connectivity index (χ3v) is 1.53. The molecule has 0 bridgehead atoms. The maximum atomic E-state index is 10.5. The Kier molecular flexibility index (Phi) is 3.71. The Hall–Kier alpha value is -1.63. The van der Waals surface area contributed by atoms with Gasteiger partial charge in [-0.15, -0.1) is 0 Å². The Morgan fingerprint density at radius 1 is 1.15 bits per heavy atom. The first-order valence-electron chi connectivity index (χ1n) is 4.19. The number of carbonyl (C=O) groups is 1. The molecule has 1 aromatic rings. The van der Waals surface area contributed by atoms with Gasteiger partial charge < -0.3 is 0 Å². The molecule has 0 atom stereocenters. The van der Waals surface area contributed by atoms with Crippen LogP contribution in [0.2, 0.25) is 0 Å². The molecule has 1 nitrogen and oxygen atoms in total. The van der Waals surface area contributed by atoms with E-state index in [0.29, 0.717) is 0 Å². The van der Waals surface area contributed by atoms with Gasteiger partial charge in [-0.3, -0.25) is 4.79 Å². The van der Waals surface area contributed by atoms with Gasteiger partial charge in [0.1, 0.15) is 0 Å². The summed E-state index contributed by atoms with van der Waals surface area (Å²) >= 11 is 0. The van der Waals surface area contributed by atoms with Crippen molar-refractivity contribution in [3.63, 3.8) is 0 Å². The second-order valence-corrected chi connectivity index (χ2v) is 2.74. The molecule has 0 aliphatic carbocycles. The Labute approximate surface area is 78.4 Å². The first kappa shape index (κ1) is 9.46. The summed E-state index contributed by atoms with van der Waals surface area (Å²) in [5, 5.41) is 0. The fraction of sp³-hybridized carbons (Fsp3) is 0.0833. The SMILES string of the molecule is CC(=O)C=C/C=C/c1ccccc1. The van der Waals surface area contributed by atoms with Crippen LogP contribution >= 0.6 is 0 Å². The van der Waals surface area contributed by atoms with Gasteiger partial charge in [-0.25, -0.2) is 0 Å². The highest BCUT2D eigenvalue weighted by Gasteiger charge is 1.80. The van der Waals surface area contributed by atoms with Gasteiger partial charge in [-0.2, -0.15) is 0 Å². The van der Waals surface area contributed by atoms with Gasteiger partial charge in [0.25, 0.3) is 0 Å². The van der Waals surface area contributed by atoms with Crippen molar-refractivity contribution in [2.75, 3.05) is 0 Å². The Morgan fingerprint density at radius 3 is 2.46 bits per heavy atom. The normalized spacial score (nSPS) is 11.2. The predicted octanol–water partition coefficient (Wildman–Crippen LogP) is 2.85. The second-order valence-electron chi connectivity index (χ2n) is 2.74. The predicted molar refractivity (Wildman–Crippen MR) is 55.3 cm³/mol. The van der Waals surface area contributed by atoms with E-state index in [-0.39, 0.29) is 5.78 Å². The van der Waals surface area contributed by atoms with Crippen molar-refractivity contribution in [3.05, 3.63) is 54.1 Å². The summed E-state index contributed by atoms with van der Waals surface area (Å²) in [4.78, 5) is 10.5. The first-order valence-corrected chi connectivity index (χ1v) is 4.19. The van der Waals surface area contributed by atoms with Crippen molar-refractivity contribution >= 4 is 11.9 Å². The molecule has 0 saturated heterocycles. The van der Waals surface area contributed by atoms with Crippen LogP contribution in [-0.4, -0.2) is 5.78 Å². The second kappa shape index (κ2) is 5.09. The number of carbonyl (C=O) groups excluding carboxylic acids is 1. The van der Waals surface area contributed by atoms with Crippen molar-refractivity contribution < 1.29 is 4.79 Å². The van der Waals surface area contributed by atoms with Crippen LogP contribution in [0.1, 0.15) is 12.5 Å². The largest absolute Gasteiger partial charge is 0.295 e. The van der Waals surface area contributed by atoms with E-state index in [1.165, 1.54) is 6.92 Å². The van der Waals surface area contributed by atoms with Crippen LogP contribution < -0.4 is 0 Å². The number of allylic oxidation sites excluding steroid dienone is 3. The number of benzene rings is 1.